The van der Waals surface area contributed by atoms with Gasteiger partial charge in [-0.3, -0.25) is 9.67 Å². The van der Waals surface area contributed by atoms with Crippen molar-refractivity contribution >= 4 is 48.8 Å². The lowest BCUT2D eigenvalue weighted by Gasteiger charge is -1.95. The van der Waals surface area contributed by atoms with Gasteiger partial charge in [0.1, 0.15) is 0 Å². The zero-order chi connectivity index (χ0) is 12.3. The molecule has 0 aliphatic rings. The molecule has 0 saturated heterocycles. The average Bonchev–Trinajstić information content (AvgIpc) is 2.87. The van der Waals surface area contributed by atoms with E-state index < -0.39 is 0 Å². The molecule has 0 spiro atoms. The Labute approximate surface area is 111 Å². The normalized spacial score (nSPS) is 11.9. The third kappa shape index (κ3) is 1.25. The lowest BCUT2D eigenvalue weighted by Crippen LogP contribution is -1.88. The van der Waals surface area contributed by atoms with Gasteiger partial charge in [-0.2, -0.15) is 0 Å². The second-order valence-electron chi connectivity index (χ2n) is 4.39. The van der Waals surface area contributed by atoms with E-state index in [0.717, 1.165) is 37.3 Å². The summed E-state index contributed by atoms with van der Waals surface area (Å²) in [6.07, 6.45) is 3.79. The summed E-state index contributed by atoms with van der Waals surface area (Å²) in [6.45, 7) is 0. The summed E-state index contributed by atoms with van der Waals surface area (Å²) in [5.74, 6) is 0. The Morgan fingerprint density at radius 3 is 3.00 bits per heavy atom. The highest BCUT2D eigenvalue weighted by atomic mass is 79.9. The first-order valence-corrected chi connectivity index (χ1v) is 6.40. The van der Waals surface area contributed by atoms with Crippen molar-refractivity contribution in [2.75, 3.05) is 0 Å². The molecule has 18 heavy (non-hydrogen) atoms. The van der Waals surface area contributed by atoms with Crippen LogP contribution in [0.1, 0.15) is 0 Å². The Morgan fingerprint density at radius 2 is 2.11 bits per heavy atom. The van der Waals surface area contributed by atoms with Crippen molar-refractivity contribution in [1.82, 2.24) is 19.7 Å². The molecular formula is C13H9BrN4. The molecule has 0 fully saturated rings. The molecule has 3 aromatic heterocycles. The monoisotopic (exact) mass is 300 g/mol. The van der Waals surface area contributed by atoms with Gasteiger partial charge in [0.2, 0.25) is 0 Å². The topological polar surface area (TPSA) is 46.5 Å². The Hall–Kier alpha value is -1.88. The van der Waals surface area contributed by atoms with Crippen LogP contribution >= 0.6 is 15.9 Å². The van der Waals surface area contributed by atoms with Gasteiger partial charge >= 0.3 is 0 Å². The van der Waals surface area contributed by atoms with Crippen LogP contribution in [0.2, 0.25) is 0 Å². The second kappa shape index (κ2) is 3.32. The van der Waals surface area contributed by atoms with Gasteiger partial charge in [-0.15, -0.1) is 0 Å². The predicted molar refractivity (Wildman–Crippen MR) is 75.6 cm³/mol. The van der Waals surface area contributed by atoms with Crippen LogP contribution in [-0.4, -0.2) is 19.7 Å². The van der Waals surface area contributed by atoms with E-state index in [1.54, 1.807) is 0 Å². The fraction of sp³-hybridized carbons (Fsp3) is 0.0769. The summed E-state index contributed by atoms with van der Waals surface area (Å²) in [5.41, 5.74) is 4.03. The molecule has 1 N–H and O–H groups in total. The highest BCUT2D eigenvalue weighted by molar-refractivity contribution is 9.10. The highest BCUT2D eigenvalue weighted by Crippen LogP contribution is 2.29. The van der Waals surface area contributed by atoms with Crippen molar-refractivity contribution < 1.29 is 0 Å². The number of pyridine rings is 1. The average molecular weight is 301 g/mol. The van der Waals surface area contributed by atoms with Crippen LogP contribution in [-0.2, 0) is 7.05 Å². The molecule has 5 heteroatoms. The number of nitrogens with one attached hydrogen (secondary N) is 1. The maximum Gasteiger partial charge on any atom is 0.0981 e. The van der Waals surface area contributed by atoms with Crippen LogP contribution in [0, 0.1) is 0 Å². The lowest BCUT2D eigenvalue weighted by atomic mass is 10.2. The SMILES string of the molecule is Cn1[nH]cc2cc3nc4cc(Br)cnc4c3cc21. The summed E-state index contributed by atoms with van der Waals surface area (Å²) >= 11 is 3.43. The fourth-order valence-electron chi connectivity index (χ4n) is 2.37. The van der Waals surface area contributed by atoms with Crippen LogP contribution in [0.25, 0.3) is 32.8 Å². The second-order valence-corrected chi connectivity index (χ2v) is 5.31. The molecule has 1 aromatic carbocycles. The van der Waals surface area contributed by atoms with Crippen LogP contribution in [0.15, 0.2) is 35.1 Å². The fourth-order valence-corrected chi connectivity index (χ4v) is 2.69. The largest absolute Gasteiger partial charge is 0.305 e. The number of aromatic nitrogens is 4. The van der Waals surface area contributed by atoms with Gasteiger partial charge < -0.3 is 5.10 Å². The molecule has 0 atom stereocenters. The van der Waals surface area contributed by atoms with E-state index in [1.165, 1.54) is 0 Å². The minimum Gasteiger partial charge on any atom is -0.305 e. The maximum absolute atomic E-state index is 4.62. The molecule has 0 aliphatic carbocycles. The molecule has 0 saturated carbocycles. The third-order valence-corrected chi connectivity index (χ3v) is 3.68. The van der Waals surface area contributed by atoms with Gasteiger partial charge in [0.05, 0.1) is 22.1 Å². The Kier molecular flexibility index (Phi) is 1.86. The number of halogens is 1. The van der Waals surface area contributed by atoms with Gasteiger partial charge in [-0.25, -0.2) is 4.98 Å². The van der Waals surface area contributed by atoms with Crippen molar-refractivity contribution in [3.8, 4) is 0 Å². The highest BCUT2D eigenvalue weighted by Gasteiger charge is 2.10. The number of H-pyrrole nitrogens is 1. The number of hydrogen-bond donors (Lipinski definition) is 1. The molecule has 0 unspecified atom stereocenters. The van der Waals surface area contributed by atoms with Crippen molar-refractivity contribution in [1.29, 1.82) is 0 Å². The van der Waals surface area contributed by atoms with E-state index >= 15 is 0 Å². The van der Waals surface area contributed by atoms with Crippen molar-refractivity contribution in [3.05, 3.63) is 35.1 Å². The minimum absolute atomic E-state index is 0.929. The molecule has 0 amide bonds. The number of rotatable bonds is 0. The zero-order valence-electron chi connectivity index (χ0n) is 9.61. The van der Waals surface area contributed by atoms with Crippen LogP contribution in [0.5, 0.6) is 0 Å². The Bertz CT molecular complexity index is 903. The lowest BCUT2D eigenvalue weighted by molar-refractivity contribution is 0.797. The first-order chi connectivity index (χ1) is 8.72. The number of fused-ring (bicyclic) bond motifs is 4. The molecule has 3 heterocycles. The van der Waals surface area contributed by atoms with Gasteiger partial charge in [-0.1, -0.05) is 0 Å². The van der Waals surface area contributed by atoms with Gasteiger partial charge in [0.25, 0.3) is 0 Å². The van der Waals surface area contributed by atoms with Crippen LogP contribution in [0.4, 0.5) is 0 Å². The van der Waals surface area contributed by atoms with E-state index in [4.69, 9.17) is 0 Å². The summed E-state index contributed by atoms with van der Waals surface area (Å²) in [4.78, 5) is 9.08. The summed E-state index contributed by atoms with van der Waals surface area (Å²) in [5, 5.41) is 5.42. The molecule has 4 rings (SSSR count). The number of aromatic amines is 1. The first kappa shape index (κ1) is 10.1. The molecule has 4 aromatic rings. The zero-order valence-corrected chi connectivity index (χ0v) is 11.2. The van der Waals surface area contributed by atoms with Gasteiger partial charge in [-0.05, 0) is 34.1 Å². The van der Waals surface area contributed by atoms with Gasteiger partial charge in [0, 0.05) is 34.7 Å². The van der Waals surface area contributed by atoms with E-state index in [0.29, 0.717) is 0 Å². The van der Waals surface area contributed by atoms with E-state index in [9.17, 15) is 0 Å². The minimum atomic E-state index is 0.929. The predicted octanol–water partition coefficient (Wildman–Crippen LogP) is 3.37. The summed E-state index contributed by atoms with van der Waals surface area (Å²) in [6, 6.07) is 6.23. The van der Waals surface area contributed by atoms with E-state index in [1.807, 2.05) is 30.2 Å². The molecule has 4 nitrogen and oxygen atoms in total. The molecule has 0 aliphatic heterocycles. The number of aryl methyl sites for hydroxylation is 1. The maximum atomic E-state index is 4.62. The molecule has 0 radical (unpaired) electrons. The van der Waals surface area contributed by atoms with E-state index in [-0.39, 0.29) is 0 Å². The number of nitrogens with zero attached hydrogens (tertiary/aromatic N) is 3. The summed E-state index contributed by atoms with van der Waals surface area (Å²) in [7, 11) is 2.00. The van der Waals surface area contributed by atoms with Gasteiger partial charge in [0.15, 0.2) is 0 Å². The molecule has 88 valence electrons. The summed E-state index contributed by atoms with van der Waals surface area (Å²) < 4.78 is 2.95. The first-order valence-electron chi connectivity index (χ1n) is 5.61. The third-order valence-electron chi connectivity index (χ3n) is 3.25. The van der Waals surface area contributed by atoms with Crippen LogP contribution < -0.4 is 0 Å². The standard InChI is InChI=1S/C13H9BrN4/c1-18-12-4-9-10(2-7(12)5-16-18)17-11-3-8(14)6-15-13(9)11/h2-6,16H,1H3. The Morgan fingerprint density at radius 1 is 1.22 bits per heavy atom. The molecule has 0 bridgehead atoms. The number of benzene rings is 1. The smallest absolute Gasteiger partial charge is 0.0981 e. The van der Waals surface area contributed by atoms with Crippen LogP contribution in [0.3, 0.4) is 0 Å². The molecular weight excluding hydrogens is 292 g/mol. The van der Waals surface area contributed by atoms with Crippen molar-refractivity contribution in [3.63, 3.8) is 0 Å². The van der Waals surface area contributed by atoms with Crippen molar-refractivity contribution in [2.45, 2.75) is 0 Å². The van der Waals surface area contributed by atoms with E-state index in [2.05, 4.69) is 43.1 Å². The number of hydrogen-bond acceptors (Lipinski definition) is 2. The van der Waals surface area contributed by atoms with Crippen molar-refractivity contribution in [2.24, 2.45) is 7.05 Å². The Balaban J connectivity index is 2.24. The quantitative estimate of drug-likeness (QED) is 0.541.